The van der Waals surface area contributed by atoms with Crippen molar-refractivity contribution in [2.45, 2.75) is 31.8 Å². The van der Waals surface area contributed by atoms with Crippen molar-refractivity contribution in [1.82, 2.24) is 4.90 Å². The molecule has 0 spiro atoms. The Balaban J connectivity index is 1.94. The third-order valence-electron chi connectivity index (χ3n) is 2.99. The molecule has 88 valence electrons. The van der Waals surface area contributed by atoms with Gasteiger partial charge < -0.3 is 5.73 Å². The van der Waals surface area contributed by atoms with Crippen LogP contribution in [-0.2, 0) is 6.54 Å². The summed E-state index contributed by atoms with van der Waals surface area (Å²) in [5, 5.41) is 0. The van der Waals surface area contributed by atoms with Crippen LogP contribution in [-0.4, -0.2) is 24.0 Å². The van der Waals surface area contributed by atoms with Gasteiger partial charge in [-0.25, -0.2) is 4.39 Å². The molecule has 0 unspecified atom stereocenters. The van der Waals surface area contributed by atoms with Gasteiger partial charge in [0.1, 0.15) is 5.82 Å². The molecule has 0 bridgehead atoms. The Morgan fingerprint density at radius 3 is 2.81 bits per heavy atom. The van der Waals surface area contributed by atoms with Crippen molar-refractivity contribution >= 4 is 0 Å². The summed E-state index contributed by atoms with van der Waals surface area (Å²) in [5.74, 6) is -0.146. The van der Waals surface area contributed by atoms with Gasteiger partial charge >= 0.3 is 0 Å². The predicted octanol–water partition coefficient (Wildman–Crippen LogP) is 2.14. The molecular weight excluding hydrogens is 203 g/mol. The number of nitrogens with two attached hydrogens (primary N) is 1. The number of benzene rings is 1. The van der Waals surface area contributed by atoms with Crippen molar-refractivity contribution < 1.29 is 4.39 Å². The Morgan fingerprint density at radius 2 is 2.19 bits per heavy atom. The molecule has 0 radical (unpaired) electrons. The standard InChI is InChI=1S/C13H19FN2/c14-12-4-1-3-11(9-12)10-16(8-2-7-15)13-5-6-13/h1,3-4,9,13H,2,5-8,10,15H2. The third kappa shape index (κ3) is 3.29. The van der Waals surface area contributed by atoms with E-state index in [1.165, 1.54) is 18.9 Å². The van der Waals surface area contributed by atoms with Crippen molar-refractivity contribution in [3.8, 4) is 0 Å². The average Bonchev–Trinajstić information content (AvgIpc) is 3.08. The first-order valence-corrected chi connectivity index (χ1v) is 5.98. The molecule has 1 aromatic rings. The summed E-state index contributed by atoms with van der Waals surface area (Å²) in [6.07, 6.45) is 3.57. The molecule has 2 N–H and O–H groups in total. The molecule has 1 aliphatic carbocycles. The van der Waals surface area contributed by atoms with Gasteiger partial charge in [0.05, 0.1) is 0 Å². The van der Waals surface area contributed by atoms with Crippen LogP contribution in [0.5, 0.6) is 0 Å². The van der Waals surface area contributed by atoms with Crippen LogP contribution in [0.1, 0.15) is 24.8 Å². The van der Waals surface area contributed by atoms with Crippen molar-refractivity contribution in [1.29, 1.82) is 0 Å². The van der Waals surface area contributed by atoms with Crippen LogP contribution in [0, 0.1) is 5.82 Å². The summed E-state index contributed by atoms with van der Waals surface area (Å²) in [4.78, 5) is 2.42. The Morgan fingerprint density at radius 1 is 1.38 bits per heavy atom. The second-order valence-electron chi connectivity index (χ2n) is 4.47. The summed E-state index contributed by atoms with van der Waals surface area (Å²) in [6.45, 7) is 2.60. The predicted molar refractivity (Wildman–Crippen MR) is 63.5 cm³/mol. The van der Waals surface area contributed by atoms with E-state index in [2.05, 4.69) is 4.90 Å². The zero-order chi connectivity index (χ0) is 11.4. The molecule has 1 fully saturated rings. The summed E-state index contributed by atoms with van der Waals surface area (Å²) in [5.41, 5.74) is 6.59. The van der Waals surface area contributed by atoms with E-state index in [9.17, 15) is 4.39 Å². The minimum Gasteiger partial charge on any atom is -0.330 e. The largest absolute Gasteiger partial charge is 0.330 e. The monoisotopic (exact) mass is 222 g/mol. The molecule has 1 aromatic carbocycles. The van der Waals surface area contributed by atoms with Crippen LogP contribution >= 0.6 is 0 Å². The molecule has 1 saturated carbocycles. The highest BCUT2D eigenvalue weighted by atomic mass is 19.1. The fraction of sp³-hybridized carbons (Fsp3) is 0.538. The Hall–Kier alpha value is -0.930. The van der Waals surface area contributed by atoms with E-state index in [0.717, 1.165) is 31.6 Å². The molecule has 0 aliphatic heterocycles. The lowest BCUT2D eigenvalue weighted by Crippen LogP contribution is -2.28. The van der Waals surface area contributed by atoms with Crippen molar-refractivity contribution in [3.05, 3.63) is 35.6 Å². The minimum atomic E-state index is -0.146. The van der Waals surface area contributed by atoms with Crippen molar-refractivity contribution in [2.24, 2.45) is 5.73 Å². The third-order valence-corrected chi connectivity index (χ3v) is 2.99. The highest BCUT2D eigenvalue weighted by Gasteiger charge is 2.28. The lowest BCUT2D eigenvalue weighted by molar-refractivity contribution is 0.253. The van der Waals surface area contributed by atoms with Crippen LogP contribution in [0.15, 0.2) is 24.3 Å². The van der Waals surface area contributed by atoms with E-state index in [4.69, 9.17) is 5.73 Å². The maximum atomic E-state index is 13.0. The maximum Gasteiger partial charge on any atom is 0.123 e. The number of halogens is 1. The molecular formula is C13H19FN2. The van der Waals surface area contributed by atoms with Gasteiger partial charge in [-0.15, -0.1) is 0 Å². The van der Waals surface area contributed by atoms with Crippen LogP contribution in [0.2, 0.25) is 0 Å². The van der Waals surface area contributed by atoms with Crippen LogP contribution < -0.4 is 5.73 Å². The quantitative estimate of drug-likeness (QED) is 0.799. The first-order valence-electron chi connectivity index (χ1n) is 5.98. The lowest BCUT2D eigenvalue weighted by Gasteiger charge is -2.21. The van der Waals surface area contributed by atoms with E-state index in [0.29, 0.717) is 6.04 Å². The van der Waals surface area contributed by atoms with Crippen molar-refractivity contribution in [3.63, 3.8) is 0 Å². The lowest BCUT2D eigenvalue weighted by atomic mass is 10.2. The van der Waals surface area contributed by atoms with Gasteiger partial charge in [0.25, 0.3) is 0 Å². The molecule has 2 rings (SSSR count). The summed E-state index contributed by atoms with van der Waals surface area (Å²) in [6, 6.07) is 7.58. The summed E-state index contributed by atoms with van der Waals surface area (Å²) < 4.78 is 13.0. The highest BCUT2D eigenvalue weighted by Crippen LogP contribution is 2.28. The Kier molecular flexibility index (Phi) is 3.91. The van der Waals surface area contributed by atoms with E-state index in [1.807, 2.05) is 6.07 Å². The molecule has 0 saturated heterocycles. The average molecular weight is 222 g/mol. The van der Waals surface area contributed by atoms with E-state index >= 15 is 0 Å². The summed E-state index contributed by atoms with van der Waals surface area (Å²) in [7, 11) is 0. The maximum absolute atomic E-state index is 13.0. The number of hydrogen-bond donors (Lipinski definition) is 1. The molecule has 3 heteroatoms. The normalized spacial score (nSPS) is 15.7. The van der Waals surface area contributed by atoms with Crippen LogP contribution in [0.25, 0.3) is 0 Å². The van der Waals surface area contributed by atoms with Gasteiger partial charge in [-0.3, -0.25) is 4.90 Å². The SMILES string of the molecule is NCCCN(Cc1cccc(F)c1)C1CC1. The smallest absolute Gasteiger partial charge is 0.123 e. The molecule has 0 atom stereocenters. The fourth-order valence-electron chi connectivity index (χ4n) is 1.99. The number of nitrogens with zero attached hydrogens (tertiary/aromatic N) is 1. The van der Waals surface area contributed by atoms with Gasteiger partial charge in [-0.1, -0.05) is 12.1 Å². The minimum absolute atomic E-state index is 0.146. The number of rotatable bonds is 6. The van der Waals surface area contributed by atoms with E-state index in [1.54, 1.807) is 12.1 Å². The Bertz CT molecular complexity index is 336. The van der Waals surface area contributed by atoms with Crippen LogP contribution in [0.4, 0.5) is 4.39 Å². The fourth-order valence-corrected chi connectivity index (χ4v) is 1.99. The second-order valence-corrected chi connectivity index (χ2v) is 4.47. The van der Waals surface area contributed by atoms with Gasteiger partial charge in [-0.2, -0.15) is 0 Å². The van der Waals surface area contributed by atoms with Crippen molar-refractivity contribution in [2.75, 3.05) is 13.1 Å². The first kappa shape index (κ1) is 11.6. The molecule has 0 amide bonds. The van der Waals surface area contributed by atoms with Gasteiger partial charge in [0, 0.05) is 12.6 Å². The van der Waals surface area contributed by atoms with E-state index in [-0.39, 0.29) is 5.82 Å². The summed E-state index contributed by atoms with van der Waals surface area (Å²) >= 11 is 0. The van der Waals surface area contributed by atoms with Gasteiger partial charge in [-0.05, 0) is 50.0 Å². The zero-order valence-electron chi connectivity index (χ0n) is 9.53. The molecule has 16 heavy (non-hydrogen) atoms. The molecule has 0 heterocycles. The zero-order valence-corrected chi connectivity index (χ0v) is 9.53. The highest BCUT2D eigenvalue weighted by molar-refractivity contribution is 5.16. The van der Waals surface area contributed by atoms with E-state index < -0.39 is 0 Å². The van der Waals surface area contributed by atoms with Gasteiger partial charge in [0.2, 0.25) is 0 Å². The number of hydrogen-bond acceptors (Lipinski definition) is 2. The molecule has 1 aliphatic rings. The van der Waals surface area contributed by atoms with Crippen LogP contribution in [0.3, 0.4) is 0 Å². The Labute approximate surface area is 96.2 Å². The second kappa shape index (κ2) is 5.41. The molecule has 0 aromatic heterocycles. The molecule has 2 nitrogen and oxygen atoms in total. The first-order chi connectivity index (χ1) is 7.79. The topological polar surface area (TPSA) is 29.3 Å². The van der Waals surface area contributed by atoms with Gasteiger partial charge in [0.15, 0.2) is 0 Å².